The molecule has 3 N–H and O–H groups in total. The van der Waals surface area contributed by atoms with Gasteiger partial charge in [0.2, 0.25) is 0 Å². The predicted molar refractivity (Wildman–Crippen MR) is 86.2 cm³/mol. The third-order valence-corrected chi connectivity index (χ3v) is 3.91. The summed E-state index contributed by atoms with van der Waals surface area (Å²) in [6.45, 7) is 0.0240. The fourth-order valence-electron chi connectivity index (χ4n) is 2.69. The van der Waals surface area contributed by atoms with Gasteiger partial charge in [0, 0.05) is 5.54 Å². The zero-order valence-corrected chi connectivity index (χ0v) is 12.6. The number of rotatable bonds is 3. The van der Waals surface area contributed by atoms with Crippen LogP contribution in [0.3, 0.4) is 0 Å². The Kier molecular flexibility index (Phi) is 4.88. The van der Waals surface area contributed by atoms with Crippen molar-refractivity contribution in [3.8, 4) is 11.5 Å². The number of aliphatic hydroxyl groups is 1. The highest BCUT2D eigenvalue weighted by Gasteiger charge is 2.29. The van der Waals surface area contributed by atoms with Crippen LogP contribution < -0.4 is 10.5 Å². The fourth-order valence-corrected chi connectivity index (χ4v) is 2.69. The highest BCUT2D eigenvalue weighted by atomic mass is 35.5. The van der Waals surface area contributed by atoms with Crippen molar-refractivity contribution in [1.29, 1.82) is 0 Å². The van der Waals surface area contributed by atoms with E-state index in [-0.39, 0.29) is 19.0 Å². The van der Waals surface area contributed by atoms with Crippen molar-refractivity contribution in [3.05, 3.63) is 59.7 Å². The lowest BCUT2D eigenvalue weighted by Crippen LogP contribution is -2.48. The molecule has 0 saturated heterocycles. The maximum absolute atomic E-state index is 9.42. The average Bonchev–Trinajstić information content (AvgIpc) is 2.48. The molecule has 0 amide bonds. The number of halogens is 1. The van der Waals surface area contributed by atoms with E-state index in [1.165, 1.54) is 11.1 Å². The lowest BCUT2D eigenvalue weighted by molar-refractivity contribution is 0.181. The van der Waals surface area contributed by atoms with E-state index in [4.69, 9.17) is 10.5 Å². The van der Waals surface area contributed by atoms with Crippen molar-refractivity contribution in [2.24, 2.45) is 5.73 Å². The molecular formula is C17H20ClNO2. The Bertz CT molecular complexity index is 603. The summed E-state index contributed by atoms with van der Waals surface area (Å²) in [6, 6.07) is 15.9. The van der Waals surface area contributed by atoms with Gasteiger partial charge in [-0.1, -0.05) is 24.3 Å². The molecule has 0 fully saturated rings. The van der Waals surface area contributed by atoms with Gasteiger partial charge >= 0.3 is 0 Å². The second-order valence-electron chi connectivity index (χ2n) is 5.54. The third-order valence-electron chi connectivity index (χ3n) is 3.91. The second-order valence-corrected chi connectivity index (χ2v) is 5.54. The molecule has 1 unspecified atom stereocenters. The summed E-state index contributed by atoms with van der Waals surface area (Å²) in [6.07, 6.45) is 2.44. The molecule has 112 valence electrons. The highest BCUT2D eigenvalue weighted by molar-refractivity contribution is 5.85. The van der Waals surface area contributed by atoms with Crippen LogP contribution in [0.4, 0.5) is 0 Å². The minimum atomic E-state index is -0.488. The van der Waals surface area contributed by atoms with Gasteiger partial charge in [0.25, 0.3) is 0 Å². The standard InChI is InChI=1S/C17H19NO2.ClH/c18-17(12-19)9-8-13-6-7-16(10-14(13)11-17)20-15-4-2-1-3-5-15;/h1-7,10,19H,8-9,11-12,18H2;1H. The van der Waals surface area contributed by atoms with Gasteiger partial charge in [0.1, 0.15) is 11.5 Å². The SMILES string of the molecule is Cl.NC1(CO)CCc2ccc(Oc3ccccc3)cc2C1. The molecule has 0 saturated carbocycles. The van der Waals surface area contributed by atoms with Gasteiger partial charge in [-0.05, 0) is 54.7 Å². The molecule has 2 aromatic carbocycles. The summed E-state index contributed by atoms with van der Waals surface area (Å²) in [5.74, 6) is 1.64. The van der Waals surface area contributed by atoms with Crippen LogP contribution >= 0.6 is 12.4 Å². The van der Waals surface area contributed by atoms with E-state index in [1.54, 1.807) is 0 Å². The Labute approximate surface area is 131 Å². The number of aliphatic hydroxyl groups excluding tert-OH is 1. The normalized spacial score (nSPS) is 20.3. The maximum Gasteiger partial charge on any atom is 0.127 e. The van der Waals surface area contributed by atoms with Crippen molar-refractivity contribution < 1.29 is 9.84 Å². The molecule has 21 heavy (non-hydrogen) atoms. The molecule has 1 atom stereocenters. The number of para-hydroxylation sites is 1. The van der Waals surface area contributed by atoms with Gasteiger partial charge in [-0.15, -0.1) is 12.4 Å². The molecule has 0 bridgehead atoms. The van der Waals surface area contributed by atoms with Crippen LogP contribution in [0.25, 0.3) is 0 Å². The van der Waals surface area contributed by atoms with Gasteiger partial charge in [-0.2, -0.15) is 0 Å². The van der Waals surface area contributed by atoms with Crippen molar-refractivity contribution in [2.75, 3.05) is 6.61 Å². The van der Waals surface area contributed by atoms with E-state index in [0.717, 1.165) is 24.3 Å². The second kappa shape index (κ2) is 6.48. The lowest BCUT2D eigenvalue weighted by atomic mass is 9.79. The fraction of sp³-hybridized carbons (Fsp3) is 0.294. The Balaban J connectivity index is 0.00000161. The summed E-state index contributed by atoms with van der Waals surface area (Å²) in [4.78, 5) is 0. The molecule has 0 heterocycles. The van der Waals surface area contributed by atoms with Crippen molar-refractivity contribution in [1.82, 2.24) is 0 Å². The summed E-state index contributed by atoms with van der Waals surface area (Å²) in [5.41, 5.74) is 8.18. The maximum atomic E-state index is 9.42. The van der Waals surface area contributed by atoms with E-state index in [9.17, 15) is 5.11 Å². The molecule has 4 heteroatoms. The number of fused-ring (bicyclic) bond motifs is 1. The van der Waals surface area contributed by atoms with Crippen LogP contribution in [0, 0.1) is 0 Å². The van der Waals surface area contributed by atoms with Crippen molar-refractivity contribution in [3.63, 3.8) is 0 Å². The van der Waals surface area contributed by atoms with Gasteiger partial charge in [-0.25, -0.2) is 0 Å². The largest absolute Gasteiger partial charge is 0.457 e. The number of aryl methyl sites for hydroxylation is 1. The minimum absolute atomic E-state index is 0. The molecule has 3 rings (SSSR count). The average molecular weight is 306 g/mol. The smallest absolute Gasteiger partial charge is 0.127 e. The quantitative estimate of drug-likeness (QED) is 0.916. The van der Waals surface area contributed by atoms with Gasteiger partial charge < -0.3 is 15.6 Å². The van der Waals surface area contributed by atoms with E-state index >= 15 is 0 Å². The van der Waals surface area contributed by atoms with E-state index in [1.807, 2.05) is 42.5 Å². The van der Waals surface area contributed by atoms with Crippen LogP contribution in [0.1, 0.15) is 17.5 Å². The molecule has 0 radical (unpaired) electrons. The van der Waals surface area contributed by atoms with Crippen LogP contribution in [0.2, 0.25) is 0 Å². The van der Waals surface area contributed by atoms with Gasteiger partial charge in [0.05, 0.1) is 6.61 Å². The summed E-state index contributed by atoms with van der Waals surface area (Å²) in [7, 11) is 0. The van der Waals surface area contributed by atoms with E-state index in [2.05, 4.69) is 6.07 Å². The number of nitrogens with two attached hydrogens (primary N) is 1. The van der Waals surface area contributed by atoms with Crippen molar-refractivity contribution >= 4 is 12.4 Å². The molecule has 0 aliphatic heterocycles. The summed E-state index contributed by atoms with van der Waals surface area (Å²) >= 11 is 0. The van der Waals surface area contributed by atoms with E-state index in [0.29, 0.717) is 6.42 Å². The highest BCUT2D eigenvalue weighted by Crippen LogP contribution is 2.31. The third kappa shape index (κ3) is 3.56. The molecule has 1 aliphatic carbocycles. The molecule has 0 spiro atoms. The number of hydrogen-bond donors (Lipinski definition) is 2. The minimum Gasteiger partial charge on any atom is -0.457 e. The van der Waals surface area contributed by atoms with Crippen molar-refractivity contribution in [2.45, 2.75) is 24.8 Å². The summed E-state index contributed by atoms with van der Waals surface area (Å²) < 4.78 is 5.84. The molecule has 3 nitrogen and oxygen atoms in total. The van der Waals surface area contributed by atoms with Crippen LogP contribution in [-0.4, -0.2) is 17.3 Å². The van der Waals surface area contributed by atoms with Gasteiger partial charge in [-0.3, -0.25) is 0 Å². The zero-order valence-electron chi connectivity index (χ0n) is 11.8. The topological polar surface area (TPSA) is 55.5 Å². The number of ether oxygens (including phenoxy) is 1. The van der Waals surface area contributed by atoms with Crippen LogP contribution in [0.5, 0.6) is 11.5 Å². The predicted octanol–water partition coefficient (Wildman–Crippen LogP) is 3.08. The Morgan fingerprint density at radius 2 is 1.81 bits per heavy atom. The van der Waals surface area contributed by atoms with Crippen LogP contribution in [-0.2, 0) is 12.8 Å². The zero-order chi connectivity index (χ0) is 14.0. The monoisotopic (exact) mass is 305 g/mol. The first-order chi connectivity index (χ1) is 9.68. The Hall–Kier alpha value is -1.55. The summed E-state index contributed by atoms with van der Waals surface area (Å²) in [5, 5.41) is 9.42. The first kappa shape index (κ1) is 15.8. The number of benzene rings is 2. The first-order valence-electron chi connectivity index (χ1n) is 6.93. The molecular weight excluding hydrogens is 286 g/mol. The van der Waals surface area contributed by atoms with Gasteiger partial charge in [0.15, 0.2) is 0 Å². The first-order valence-corrected chi connectivity index (χ1v) is 6.93. The molecule has 2 aromatic rings. The number of hydrogen-bond acceptors (Lipinski definition) is 3. The van der Waals surface area contributed by atoms with Crippen LogP contribution in [0.15, 0.2) is 48.5 Å². The molecule has 0 aromatic heterocycles. The Morgan fingerprint density at radius 1 is 1.05 bits per heavy atom. The molecule has 1 aliphatic rings. The van der Waals surface area contributed by atoms with E-state index < -0.39 is 5.54 Å². The lowest BCUT2D eigenvalue weighted by Gasteiger charge is -2.33. The Morgan fingerprint density at radius 3 is 2.52 bits per heavy atom.